The highest BCUT2D eigenvalue weighted by atomic mass is 35.5. The molecule has 0 saturated heterocycles. The largest absolute Gasteiger partial charge is 0.495 e. The third-order valence-corrected chi connectivity index (χ3v) is 7.88. The molecule has 196 valence electrons. The first-order valence-electron chi connectivity index (χ1n) is 12.0. The van der Waals surface area contributed by atoms with E-state index in [1.807, 2.05) is 31.2 Å². The summed E-state index contributed by atoms with van der Waals surface area (Å²) in [4.78, 5) is 28.1. The van der Waals surface area contributed by atoms with Gasteiger partial charge in [0, 0.05) is 12.6 Å². The summed E-state index contributed by atoms with van der Waals surface area (Å²) in [5, 5.41) is 3.27. The molecule has 1 atom stereocenters. The summed E-state index contributed by atoms with van der Waals surface area (Å²) in [6, 6.07) is 11.5. The molecule has 3 rings (SSSR count). The third kappa shape index (κ3) is 7.13. The van der Waals surface area contributed by atoms with Crippen molar-refractivity contribution in [2.75, 3.05) is 24.2 Å². The molecule has 0 spiro atoms. The van der Waals surface area contributed by atoms with Gasteiger partial charge in [0.15, 0.2) is 0 Å². The lowest BCUT2D eigenvalue weighted by Crippen LogP contribution is -2.52. The Kier molecular flexibility index (Phi) is 9.24. The molecule has 1 saturated carbocycles. The maximum absolute atomic E-state index is 13.6. The number of rotatable bonds is 10. The van der Waals surface area contributed by atoms with Gasteiger partial charge >= 0.3 is 0 Å². The molecule has 10 heteroatoms. The van der Waals surface area contributed by atoms with E-state index in [0.717, 1.165) is 47.4 Å². The number of nitrogens with zero attached hydrogens (tertiary/aromatic N) is 2. The number of carbonyl (C=O) groups excluding carboxylic acids is 2. The number of aryl methyl sites for hydroxylation is 1. The molecule has 8 nitrogen and oxygen atoms in total. The average Bonchev–Trinajstić information content (AvgIpc) is 3.33. The van der Waals surface area contributed by atoms with Gasteiger partial charge in [0.2, 0.25) is 21.8 Å². The number of methoxy groups -OCH3 is 1. The molecule has 36 heavy (non-hydrogen) atoms. The molecule has 2 aromatic carbocycles. The van der Waals surface area contributed by atoms with Crippen LogP contribution in [-0.4, -0.2) is 57.1 Å². The molecule has 0 radical (unpaired) electrons. The molecule has 2 aromatic rings. The smallest absolute Gasteiger partial charge is 0.244 e. The maximum atomic E-state index is 13.6. The number of ether oxygens (including phenoxy) is 1. The summed E-state index contributed by atoms with van der Waals surface area (Å²) in [7, 11) is -2.38. The van der Waals surface area contributed by atoms with Gasteiger partial charge in [-0.2, -0.15) is 0 Å². The third-order valence-electron chi connectivity index (χ3n) is 6.44. The summed E-state index contributed by atoms with van der Waals surface area (Å²) < 4.78 is 31.5. The first-order chi connectivity index (χ1) is 17.0. The van der Waals surface area contributed by atoms with Gasteiger partial charge in [0.1, 0.15) is 18.3 Å². The van der Waals surface area contributed by atoms with E-state index in [4.69, 9.17) is 16.3 Å². The summed E-state index contributed by atoms with van der Waals surface area (Å²) in [6.07, 6.45) is 5.01. The van der Waals surface area contributed by atoms with Crippen LogP contribution >= 0.6 is 11.6 Å². The zero-order valence-corrected chi connectivity index (χ0v) is 22.7. The Morgan fingerprint density at radius 1 is 1.14 bits per heavy atom. The van der Waals surface area contributed by atoms with Crippen LogP contribution in [0.5, 0.6) is 5.75 Å². The number of hydrogen-bond donors (Lipinski definition) is 1. The highest BCUT2D eigenvalue weighted by molar-refractivity contribution is 7.92. The van der Waals surface area contributed by atoms with Crippen molar-refractivity contribution in [1.82, 2.24) is 10.2 Å². The van der Waals surface area contributed by atoms with Gasteiger partial charge in [0.05, 0.1) is 24.1 Å². The van der Waals surface area contributed by atoms with Gasteiger partial charge < -0.3 is 15.0 Å². The number of halogens is 1. The second-order valence-electron chi connectivity index (χ2n) is 9.26. The van der Waals surface area contributed by atoms with Gasteiger partial charge in [-0.15, -0.1) is 0 Å². The normalized spacial score (nSPS) is 14.8. The van der Waals surface area contributed by atoms with Crippen molar-refractivity contribution in [1.29, 1.82) is 0 Å². The molecule has 0 aromatic heterocycles. The number of hydrogen-bond acceptors (Lipinski definition) is 5. The Hall–Kier alpha value is -2.78. The van der Waals surface area contributed by atoms with Crippen molar-refractivity contribution in [3.05, 3.63) is 58.6 Å². The van der Waals surface area contributed by atoms with E-state index < -0.39 is 28.5 Å². The van der Waals surface area contributed by atoms with Crippen molar-refractivity contribution in [3.8, 4) is 5.75 Å². The minimum Gasteiger partial charge on any atom is -0.495 e. The molecule has 0 bridgehead atoms. The number of carbonyl (C=O) groups is 2. The molecule has 1 N–H and O–H groups in total. The van der Waals surface area contributed by atoms with Crippen LogP contribution in [0.3, 0.4) is 0 Å². The highest BCUT2D eigenvalue weighted by Gasteiger charge is 2.31. The van der Waals surface area contributed by atoms with E-state index in [1.54, 1.807) is 13.0 Å². The average molecular weight is 536 g/mol. The molecule has 2 amide bonds. The van der Waals surface area contributed by atoms with E-state index in [1.165, 1.54) is 24.1 Å². The number of benzene rings is 2. The maximum Gasteiger partial charge on any atom is 0.244 e. The highest BCUT2D eigenvalue weighted by Crippen LogP contribution is 2.30. The molecule has 0 aliphatic heterocycles. The van der Waals surface area contributed by atoms with Gasteiger partial charge in [-0.1, -0.05) is 54.3 Å². The van der Waals surface area contributed by atoms with E-state index >= 15 is 0 Å². The van der Waals surface area contributed by atoms with Crippen LogP contribution in [0, 0.1) is 6.92 Å². The predicted molar refractivity (Wildman–Crippen MR) is 142 cm³/mol. The van der Waals surface area contributed by atoms with E-state index in [9.17, 15) is 18.0 Å². The number of amides is 2. The first-order valence-corrected chi connectivity index (χ1v) is 14.2. The van der Waals surface area contributed by atoms with Crippen LogP contribution < -0.4 is 14.4 Å². The monoisotopic (exact) mass is 535 g/mol. The summed E-state index contributed by atoms with van der Waals surface area (Å²) in [6.45, 7) is 3.33. The first kappa shape index (κ1) is 27.8. The molecule has 1 fully saturated rings. The number of anilines is 1. The van der Waals surface area contributed by atoms with Crippen LogP contribution in [0.2, 0.25) is 5.02 Å². The van der Waals surface area contributed by atoms with Gasteiger partial charge in [-0.25, -0.2) is 8.42 Å². The van der Waals surface area contributed by atoms with Crippen molar-refractivity contribution in [2.24, 2.45) is 0 Å². The predicted octanol–water partition coefficient (Wildman–Crippen LogP) is 3.90. The van der Waals surface area contributed by atoms with Crippen LogP contribution in [0.15, 0.2) is 42.5 Å². The second kappa shape index (κ2) is 12.0. The van der Waals surface area contributed by atoms with Crippen molar-refractivity contribution in [2.45, 2.75) is 58.2 Å². The Balaban J connectivity index is 1.89. The van der Waals surface area contributed by atoms with E-state index in [0.29, 0.717) is 5.75 Å². The zero-order valence-electron chi connectivity index (χ0n) is 21.2. The van der Waals surface area contributed by atoms with E-state index in [2.05, 4.69) is 5.32 Å². The van der Waals surface area contributed by atoms with Crippen molar-refractivity contribution < 1.29 is 22.7 Å². The topological polar surface area (TPSA) is 96.0 Å². The number of sulfonamides is 1. The number of nitrogens with one attached hydrogen (secondary N) is 1. The quantitative estimate of drug-likeness (QED) is 0.498. The Morgan fingerprint density at radius 3 is 2.33 bits per heavy atom. The molecule has 0 unspecified atom stereocenters. The molecule has 1 aliphatic carbocycles. The fraction of sp³-hybridized carbons (Fsp3) is 0.462. The Bertz CT molecular complexity index is 1180. The van der Waals surface area contributed by atoms with Crippen LogP contribution in [-0.2, 0) is 26.2 Å². The lowest BCUT2D eigenvalue weighted by atomic mass is 10.1. The lowest BCUT2D eigenvalue weighted by molar-refractivity contribution is -0.139. The lowest BCUT2D eigenvalue weighted by Gasteiger charge is -2.32. The molecular weight excluding hydrogens is 502 g/mol. The van der Waals surface area contributed by atoms with Gasteiger partial charge in [-0.3, -0.25) is 13.9 Å². The summed E-state index contributed by atoms with van der Waals surface area (Å²) in [5.41, 5.74) is 2.14. The van der Waals surface area contributed by atoms with E-state index in [-0.39, 0.29) is 29.2 Å². The zero-order chi connectivity index (χ0) is 26.5. The SMILES string of the molecule is COc1ccc(N(CC(=O)N(Cc2ccc(C)cc2)[C@H](C)C(=O)NC2CCCC2)S(C)(=O)=O)cc1Cl. The fourth-order valence-electron chi connectivity index (χ4n) is 4.29. The summed E-state index contributed by atoms with van der Waals surface area (Å²) in [5.74, 6) is -0.360. The van der Waals surface area contributed by atoms with Crippen molar-refractivity contribution in [3.63, 3.8) is 0 Å². The second-order valence-corrected chi connectivity index (χ2v) is 11.6. The molecular formula is C26H34ClN3O5S. The Morgan fingerprint density at radius 2 is 1.78 bits per heavy atom. The van der Waals surface area contributed by atoms with Crippen LogP contribution in [0.25, 0.3) is 0 Å². The summed E-state index contributed by atoms with van der Waals surface area (Å²) >= 11 is 6.22. The molecule has 0 heterocycles. The minimum absolute atomic E-state index is 0.102. The molecule has 1 aliphatic rings. The van der Waals surface area contributed by atoms with Crippen LogP contribution in [0.4, 0.5) is 5.69 Å². The van der Waals surface area contributed by atoms with Gasteiger partial charge in [-0.05, 0) is 50.5 Å². The van der Waals surface area contributed by atoms with Crippen LogP contribution in [0.1, 0.15) is 43.7 Å². The standard InChI is InChI=1S/C26H34ClN3O5S/c1-18-9-11-20(12-10-18)16-29(19(2)26(32)28-21-7-5-6-8-21)25(31)17-30(36(4,33)34)22-13-14-24(35-3)23(27)15-22/h9-15,19,21H,5-8,16-17H2,1-4H3,(H,28,32)/t19-/m1/s1. The Labute approximate surface area is 218 Å². The van der Waals surface area contributed by atoms with Gasteiger partial charge in [0.25, 0.3) is 0 Å². The van der Waals surface area contributed by atoms with Crippen molar-refractivity contribution >= 4 is 39.1 Å². The fourth-order valence-corrected chi connectivity index (χ4v) is 5.38. The minimum atomic E-state index is -3.84.